The van der Waals surface area contributed by atoms with Crippen molar-refractivity contribution in [1.82, 2.24) is 0 Å². The van der Waals surface area contributed by atoms with Crippen LogP contribution >= 0.6 is 0 Å². The molecule has 14 heavy (non-hydrogen) atoms. The third kappa shape index (κ3) is 1.63. The van der Waals surface area contributed by atoms with E-state index in [2.05, 4.69) is 0 Å². The maximum Gasteiger partial charge on any atom is 0.339 e. The highest BCUT2D eigenvalue weighted by Crippen LogP contribution is 2.27. The second-order valence-electron chi connectivity index (χ2n) is 2.72. The number of rotatable bonds is 2. The molecule has 6 nitrogen and oxygen atoms in total. The summed E-state index contributed by atoms with van der Waals surface area (Å²) in [7, 11) is 0. The van der Waals surface area contributed by atoms with Gasteiger partial charge in [0.25, 0.3) is 5.69 Å². The van der Waals surface area contributed by atoms with Crippen molar-refractivity contribution in [3.63, 3.8) is 0 Å². The van der Waals surface area contributed by atoms with E-state index in [0.29, 0.717) is 0 Å². The molecular weight excluding hydrogens is 190 g/mol. The maximum absolute atomic E-state index is 10.6. The fraction of sp³-hybridized carbons (Fsp3) is 0.125. The van der Waals surface area contributed by atoms with Gasteiger partial charge in [-0.15, -0.1) is 0 Å². The lowest BCUT2D eigenvalue weighted by atomic mass is 10.1. The molecule has 74 valence electrons. The van der Waals surface area contributed by atoms with Crippen molar-refractivity contribution in [2.45, 2.75) is 6.92 Å². The van der Waals surface area contributed by atoms with Crippen molar-refractivity contribution in [3.8, 4) is 5.75 Å². The number of nitro benzene ring substituents is 1. The molecule has 0 aliphatic rings. The first-order chi connectivity index (χ1) is 6.43. The molecule has 0 fully saturated rings. The number of carboxylic acids is 1. The van der Waals surface area contributed by atoms with Gasteiger partial charge in [0.2, 0.25) is 0 Å². The van der Waals surface area contributed by atoms with Gasteiger partial charge in [0.05, 0.1) is 4.92 Å². The second kappa shape index (κ2) is 3.33. The van der Waals surface area contributed by atoms with E-state index in [1.807, 2.05) is 0 Å². The van der Waals surface area contributed by atoms with Gasteiger partial charge in [-0.1, -0.05) is 0 Å². The number of phenols is 1. The van der Waals surface area contributed by atoms with Gasteiger partial charge >= 0.3 is 5.97 Å². The average Bonchev–Trinajstić information content (AvgIpc) is 2.08. The molecule has 0 amide bonds. The van der Waals surface area contributed by atoms with Crippen molar-refractivity contribution < 1.29 is 19.9 Å². The molecule has 0 bridgehead atoms. The Morgan fingerprint density at radius 1 is 1.50 bits per heavy atom. The summed E-state index contributed by atoms with van der Waals surface area (Å²) in [5, 5.41) is 28.3. The summed E-state index contributed by atoms with van der Waals surface area (Å²) >= 11 is 0. The summed E-state index contributed by atoms with van der Waals surface area (Å²) in [6, 6.07) is 1.94. The Labute approximate surface area is 78.6 Å². The molecule has 0 spiro atoms. The topological polar surface area (TPSA) is 101 Å². The first-order valence-electron chi connectivity index (χ1n) is 3.64. The smallest absolute Gasteiger partial charge is 0.339 e. The Morgan fingerprint density at radius 3 is 2.50 bits per heavy atom. The maximum atomic E-state index is 10.6. The van der Waals surface area contributed by atoms with Crippen LogP contribution in [-0.2, 0) is 0 Å². The lowest BCUT2D eigenvalue weighted by Gasteiger charge is -2.02. The lowest BCUT2D eigenvalue weighted by molar-refractivity contribution is -0.385. The normalized spacial score (nSPS) is 9.79. The van der Waals surface area contributed by atoms with Crippen molar-refractivity contribution in [2.24, 2.45) is 0 Å². The number of hydrogen-bond acceptors (Lipinski definition) is 4. The van der Waals surface area contributed by atoms with Crippen LogP contribution in [0.5, 0.6) is 5.75 Å². The van der Waals surface area contributed by atoms with E-state index in [4.69, 9.17) is 5.11 Å². The first kappa shape index (κ1) is 9.97. The van der Waals surface area contributed by atoms with Crippen LogP contribution in [0.15, 0.2) is 12.1 Å². The first-order valence-corrected chi connectivity index (χ1v) is 3.64. The largest absolute Gasteiger partial charge is 0.507 e. The Bertz CT molecular complexity index is 412. The number of benzene rings is 1. The summed E-state index contributed by atoms with van der Waals surface area (Å²) in [6.45, 7) is 1.40. The van der Waals surface area contributed by atoms with Gasteiger partial charge in [-0.05, 0) is 12.5 Å². The molecule has 0 unspecified atom stereocenters. The molecule has 1 aromatic carbocycles. The number of aromatic hydroxyl groups is 1. The van der Waals surface area contributed by atoms with Crippen molar-refractivity contribution >= 4 is 11.7 Å². The fourth-order valence-corrected chi connectivity index (χ4v) is 1.03. The van der Waals surface area contributed by atoms with Gasteiger partial charge < -0.3 is 10.2 Å². The summed E-state index contributed by atoms with van der Waals surface area (Å²) in [5.41, 5.74) is -0.647. The molecule has 0 aliphatic carbocycles. The summed E-state index contributed by atoms with van der Waals surface area (Å²) < 4.78 is 0. The van der Waals surface area contributed by atoms with E-state index in [0.717, 1.165) is 12.1 Å². The molecule has 2 N–H and O–H groups in total. The van der Waals surface area contributed by atoms with Crippen LogP contribution in [0.4, 0.5) is 5.69 Å². The molecular formula is C8H7NO5. The molecule has 0 heterocycles. The number of aromatic carboxylic acids is 1. The van der Waals surface area contributed by atoms with E-state index in [1.165, 1.54) is 6.92 Å². The van der Waals surface area contributed by atoms with Gasteiger partial charge in [0, 0.05) is 12.1 Å². The molecule has 1 rings (SSSR count). The SMILES string of the molecule is Cc1cc([N+](=O)[O-])cc(C(=O)O)c1O. The number of nitrogens with zero attached hydrogens (tertiary/aromatic N) is 1. The van der Waals surface area contributed by atoms with Gasteiger partial charge in [-0.2, -0.15) is 0 Å². The van der Waals surface area contributed by atoms with E-state index in [9.17, 15) is 20.0 Å². The standard InChI is InChI=1S/C8H7NO5/c1-4-2-5(9(13)14)3-6(7(4)10)8(11)12/h2-3,10H,1H3,(H,11,12). The highest BCUT2D eigenvalue weighted by atomic mass is 16.6. The number of non-ortho nitro benzene ring substituents is 1. The van der Waals surface area contributed by atoms with E-state index >= 15 is 0 Å². The van der Waals surface area contributed by atoms with E-state index in [-0.39, 0.29) is 11.3 Å². The van der Waals surface area contributed by atoms with Gasteiger partial charge in [-0.3, -0.25) is 10.1 Å². The van der Waals surface area contributed by atoms with Crippen LogP contribution in [0.2, 0.25) is 0 Å². The lowest BCUT2D eigenvalue weighted by Crippen LogP contribution is -2.00. The summed E-state index contributed by atoms with van der Waals surface area (Å²) in [6.07, 6.45) is 0. The molecule has 1 aromatic rings. The monoisotopic (exact) mass is 197 g/mol. The van der Waals surface area contributed by atoms with Gasteiger partial charge in [-0.25, -0.2) is 4.79 Å². The van der Waals surface area contributed by atoms with Crippen LogP contribution in [0.25, 0.3) is 0 Å². The minimum absolute atomic E-state index is 0.164. The van der Waals surface area contributed by atoms with Crippen LogP contribution in [-0.4, -0.2) is 21.1 Å². The van der Waals surface area contributed by atoms with Crippen molar-refractivity contribution in [2.75, 3.05) is 0 Å². The zero-order chi connectivity index (χ0) is 10.9. The van der Waals surface area contributed by atoms with E-state index < -0.39 is 22.2 Å². The predicted molar refractivity (Wildman–Crippen MR) is 46.5 cm³/mol. The third-order valence-corrected chi connectivity index (χ3v) is 1.73. The fourth-order valence-electron chi connectivity index (χ4n) is 1.03. The van der Waals surface area contributed by atoms with Crippen LogP contribution in [0, 0.1) is 17.0 Å². The summed E-state index contributed by atoms with van der Waals surface area (Å²) in [4.78, 5) is 20.2. The Morgan fingerprint density at radius 2 is 2.07 bits per heavy atom. The van der Waals surface area contributed by atoms with Crippen LogP contribution < -0.4 is 0 Å². The molecule has 0 radical (unpaired) electrons. The molecule has 6 heteroatoms. The quantitative estimate of drug-likeness (QED) is 0.549. The average molecular weight is 197 g/mol. The molecule has 0 saturated heterocycles. The number of aryl methyl sites for hydroxylation is 1. The van der Waals surface area contributed by atoms with Gasteiger partial charge in [0.1, 0.15) is 11.3 Å². The number of carbonyl (C=O) groups is 1. The second-order valence-corrected chi connectivity index (χ2v) is 2.72. The predicted octanol–water partition coefficient (Wildman–Crippen LogP) is 1.31. The summed E-state index contributed by atoms with van der Waals surface area (Å²) in [5.74, 6) is -1.84. The molecule has 0 saturated carbocycles. The number of nitro groups is 1. The molecule has 0 aromatic heterocycles. The Hall–Kier alpha value is -2.11. The number of hydrogen-bond donors (Lipinski definition) is 2. The zero-order valence-electron chi connectivity index (χ0n) is 7.22. The Balaban J connectivity index is 3.43. The van der Waals surface area contributed by atoms with Crippen molar-refractivity contribution in [1.29, 1.82) is 0 Å². The van der Waals surface area contributed by atoms with Crippen LogP contribution in [0.1, 0.15) is 15.9 Å². The minimum Gasteiger partial charge on any atom is -0.507 e. The van der Waals surface area contributed by atoms with Crippen LogP contribution in [0.3, 0.4) is 0 Å². The van der Waals surface area contributed by atoms with Gasteiger partial charge in [0.15, 0.2) is 0 Å². The number of carboxylic acid groups (broad SMARTS) is 1. The zero-order valence-corrected chi connectivity index (χ0v) is 7.22. The highest BCUT2D eigenvalue weighted by Gasteiger charge is 2.18. The van der Waals surface area contributed by atoms with E-state index in [1.54, 1.807) is 0 Å². The Kier molecular flexibility index (Phi) is 2.37. The highest BCUT2D eigenvalue weighted by molar-refractivity contribution is 5.92. The minimum atomic E-state index is -1.39. The third-order valence-electron chi connectivity index (χ3n) is 1.73. The molecule has 0 aliphatic heterocycles. The molecule has 0 atom stereocenters. The van der Waals surface area contributed by atoms with Crippen molar-refractivity contribution in [3.05, 3.63) is 33.4 Å².